The Morgan fingerprint density at radius 2 is 1.29 bits per heavy atom. The molecule has 0 aromatic heterocycles. The Kier molecular flexibility index (Phi) is 5.52. The monoisotopic (exact) mass is 337 g/mol. The first kappa shape index (κ1) is 16.6. The Morgan fingerprint density at radius 1 is 0.750 bits per heavy atom. The summed E-state index contributed by atoms with van der Waals surface area (Å²) >= 11 is 5.96. The number of hydrogen-bond acceptors (Lipinski definition) is 2. The molecule has 0 bridgehead atoms. The van der Waals surface area contributed by atoms with Crippen LogP contribution in [0.5, 0.6) is 0 Å². The number of aliphatic hydroxyl groups is 1. The minimum atomic E-state index is -0.531. The molecule has 0 amide bonds. The van der Waals surface area contributed by atoms with Gasteiger partial charge in [0.05, 0.1) is 12.1 Å². The second-order valence-electron chi connectivity index (χ2n) is 5.78. The van der Waals surface area contributed by atoms with Gasteiger partial charge in [-0.25, -0.2) is 0 Å². The van der Waals surface area contributed by atoms with E-state index >= 15 is 0 Å². The van der Waals surface area contributed by atoms with E-state index in [0.29, 0.717) is 11.4 Å². The lowest BCUT2D eigenvalue weighted by Crippen LogP contribution is -2.14. The molecular weight excluding hydrogens is 318 g/mol. The zero-order chi connectivity index (χ0) is 16.8. The molecule has 0 spiro atoms. The fraction of sp³-hybridized carbons (Fsp3) is 0.143. The standard InChI is InChI=1S/C21H20ClNO/c22-18-11-13-19(14-12-18)23-20(16-7-3-1-4-8-16)15-21(24)17-9-5-2-6-10-17/h1-14,20-21,23-24H,15H2/t20-,21+/m1/s1. The van der Waals surface area contributed by atoms with Crippen LogP contribution >= 0.6 is 11.6 Å². The minimum Gasteiger partial charge on any atom is -0.388 e. The summed E-state index contributed by atoms with van der Waals surface area (Å²) in [5.41, 5.74) is 3.05. The Morgan fingerprint density at radius 3 is 1.88 bits per heavy atom. The van der Waals surface area contributed by atoms with Crippen molar-refractivity contribution in [3.8, 4) is 0 Å². The van der Waals surface area contributed by atoms with Crippen LogP contribution in [0.3, 0.4) is 0 Å². The highest BCUT2D eigenvalue weighted by molar-refractivity contribution is 6.30. The maximum Gasteiger partial charge on any atom is 0.0812 e. The van der Waals surface area contributed by atoms with Crippen molar-refractivity contribution >= 4 is 17.3 Å². The molecule has 3 rings (SSSR count). The predicted octanol–water partition coefficient (Wildman–Crippen LogP) is 5.62. The van der Waals surface area contributed by atoms with Gasteiger partial charge in [-0.1, -0.05) is 72.3 Å². The van der Waals surface area contributed by atoms with Gasteiger partial charge in [-0.15, -0.1) is 0 Å². The Hall–Kier alpha value is -2.29. The fourth-order valence-corrected chi connectivity index (χ4v) is 2.87. The van der Waals surface area contributed by atoms with Gasteiger partial charge in [-0.05, 0) is 35.4 Å². The number of anilines is 1. The number of hydrogen-bond donors (Lipinski definition) is 2. The van der Waals surface area contributed by atoms with Crippen LogP contribution in [0.15, 0.2) is 84.9 Å². The van der Waals surface area contributed by atoms with Gasteiger partial charge in [0.25, 0.3) is 0 Å². The lowest BCUT2D eigenvalue weighted by atomic mass is 9.96. The molecule has 0 aliphatic heterocycles. The molecule has 0 aliphatic carbocycles. The largest absolute Gasteiger partial charge is 0.388 e. The summed E-state index contributed by atoms with van der Waals surface area (Å²) in [5.74, 6) is 0. The molecule has 24 heavy (non-hydrogen) atoms. The molecule has 3 aromatic carbocycles. The first-order chi connectivity index (χ1) is 11.7. The SMILES string of the molecule is O[C@@H](C[C@@H](Nc1ccc(Cl)cc1)c1ccccc1)c1ccccc1. The van der Waals surface area contributed by atoms with E-state index in [0.717, 1.165) is 16.8 Å². The van der Waals surface area contributed by atoms with Crippen molar-refractivity contribution in [3.63, 3.8) is 0 Å². The summed E-state index contributed by atoms with van der Waals surface area (Å²) < 4.78 is 0. The second kappa shape index (κ2) is 8.00. The highest BCUT2D eigenvalue weighted by Gasteiger charge is 2.17. The Labute approximate surface area is 147 Å². The average Bonchev–Trinajstić information content (AvgIpc) is 2.64. The van der Waals surface area contributed by atoms with Crippen LogP contribution < -0.4 is 5.32 Å². The molecule has 0 aliphatic rings. The molecule has 2 atom stereocenters. The van der Waals surface area contributed by atoms with Crippen LogP contribution in [0, 0.1) is 0 Å². The van der Waals surface area contributed by atoms with E-state index in [4.69, 9.17) is 11.6 Å². The number of halogens is 1. The van der Waals surface area contributed by atoms with Gasteiger partial charge in [-0.2, -0.15) is 0 Å². The van der Waals surface area contributed by atoms with E-state index in [1.54, 1.807) is 0 Å². The third-order valence-electron chi connectivity index (χ3n) is 4.03. The fourth-order valence-electron chi connectivity index (χ4n) is 2.75. The molecular formula is C21H20ClNO. The van der Waals surface area contributed by atoms with Crippen LogP contribution in [0.4, 0.5) is 5.69 Å². The van der Waals surface area contributed by atoms with Crippen molar-refractivity contribution in [2.24, 2.45) is 0 Å². The summed E-state index contributed by atoms with van der Waals surface area (Å²) in [7, 11) is 0. The first-order valence-corrected chi connectivity index (χ1v) is 8.40. The van der Waals surface area contributed by atoms with E-state index in [1.807, 2.05) is 72.8 Å². The maximum absolute atomic E-state index is 10.6. The third-order valence-corrected chi connectivity index (χ3v) is 4.28. The van der Waals surface area contributed by atoms with Crippen molar-refractivity contribution in [1.29, 1.82) is 0 Å². The number of benzene rings is 3. The highest BCUT2D eigenvalue weighted by atomic mass is 35.5. The highest BCUT2D eigenvalue weighted by Crippen LogP contribution is 2.30. The summed E-state index contributed by atoms with van der Waals surface area (Å²) in [6.45, 7) is 0. The summed E-state index contributed by atoms with van der Waals surface area (Å²) in [6.07, 6.45) is 0.0487. The normalized spacial score (nSPS) is 13.2. The topological polar surface area (TPSA) is 32.3 Å². The van der Waals surface area contributed by atoms with Gasteiger partial charge in [0, 0.05) is 17.1 Å². The molecule has 122 valence electrons. The molecule has 2 nitrogen and oxygen atoms in total. The van der Waals surface area contributed by atoms with Crippen LogP contribution in [-0.2, 0) is 0 Å². The third kappa shape index (κ3) is 4.38. The molecule has 0 radical (unpaired) electrons. The Bertz CT molecular complexity index is 744. The van der Waals surface area contributed by atoms with Crippen molar-refractivity contribution in [3.05, 3.63) is 101 Å². The number of rotatable bonds is 6. The number of nitrogens with one attached hydrogen (secondary N) is 1. The maximum atomic E-state index is 10.6. The zero-order valence-electron chi connectivity index (χ0n) is 13.3. The summed E-state index contributed by atoms with van der Waals surface area (Å²) in [4.78, 5) is 0. The molecule has 3 heteroatoms. The lowest BCUT2D eigenvalue weighted by Gasteiger charge is -2.23. The first-order valence-electron chi connectivity index (χ1n) is 8.02. The van der Waals surface area contributed by atoms with E-state index in [1.165, 1.54) is 0 Å². The van der Waals surface area contributed by atoms with Gasteiger partial charge < -0.3 is 10.4 Å². The Balaban J connectivity index is 1.81. The second-order valence-corrected chi connectivity index (χ2v) is 6.21. The average molecular weight is 338 g/mol. The molecule has 0 unspecified atom stereocenters. The van der Waals surface area contributed by atoms with Gasteiger partial charge in [0.15, 0.2) is 0 Å². The molecule has 0 saturated carbocycles. The van der Waals surface area contributed by atoms with Crippen LogP contribution in [0.1, 0.15) is 29.7 Å². The molecule has 3 aromatic rings. The lowest BCUT2D eigenvalue weighted by molar-refractivity contribution is 0.160. The van der Waals surface area contributed by atoms with E-state index < -0.39 is 6.10 Å². The zero-order valence-corrected chi connectivity index (χ0v) is 14.0. The van der Waals surface area contributed by atoms with Crippen molar-refractivity contribution in [2.45, 2.75) is 18.6 Å². The van der Waals surface area contributed by atoms with Gasteiger partial charge in [0.2, 0.25) is 0 Å². The van der Waals surface area contributed by atoms with Crippen molar-refractivity contribution in [2.75, 3.05) is 5.32 Å². The van der Waals surface area contributed by atoms with Crippen molar-refractivity contribution in [1.82, 2.24) is 0 Å². The van der Waals surface area contributed by atoms with E-state index in [9.17, 15) is 5.11 Å². The molecule has 2 N–H and O–H groups in total. The van der Waals surface area contributed by atoms with Gasteiger partial charge in [-0.3, -0.25) is 0 Å². The van der Waals surface area contributed by atoms with E-state index in [2.05, 4.69) is 17.4 Å². The van der Waals surface area contributed by atoms with E-state index in [-0.39, 0.29) is 6.04 Å². The summed E-state index contributed by atoms with van der Waals surface area (Å²) in [5, 5.41) is 14.8. The van der Waals surface area contributed by atoms with Crippen molar-refractivity contribution < 1.29 is 5.11 Å². The molecule has 0 saturated heterocycles. The quantitative estimate of drug-likeness (QED) is 0.612. The number of aliphatic hydroxyl groups excluding tert-OH is 1. The summed E-state index contributed by atoms with van der Waals surface area (Å²) in [6, 6.07) is 27.6. The molecule has 0 heterocycles. The predicted molar refractivity (Wildman–Crippen MR) is 100 cm³/mol. The minimum absolute atomic E-state index is 0.00239. The van der Waals surface area contributed by atoms with Crippen LogP contribution in [0.25, 0.3) is 0 Å². The van der Waals surface area contributed by atoms with Crippen LogP contribution in [0.2, 0.25) is 5.02 Å². The van der Waals surface area contributed by atoms with Crippen LogP contribution in [-0.4, -0.2) is 5.11 Å². The molecule has 0 fully saturated rings. The van der Waals surface area contributed by atoms with Gasteiger partial charge in [0.1, 0.15) is 0 Å². The van der Waals surface area contributed by atoms with Gasteiger partial charge >= 0.3 is 0 Å². The smallest absolute Gasteiger partial charge is 0.0812 e.